The molecule has 0 aromatic heterocycles. The molecule has 0 saturated heterocycles. The highest BCUT2D eigenvalue weighted by Crippen LogP contribution is 2.27. The van der Waals surface area contributed by atoms with Gasteiger partial charge in [-0.25, -0.2) is 4.39 Å². The monoisotopic (exact) mass is 320 g/mol. The van der Waals surface area contributed by atoms with E-state index < -0.39 is 0 Å². The van der Waals surface area contributed by atoms with Crippen LogP contribution in [0.4, 0.5) is 15.8 Å². The van der Waals surface area contributed by atoms with Crippen molar-refractivity contribution in [3.8, 4) is 11.8 Å². The Morgan fingerprint density at radius 2 is 2.05 bits per heavy atom. The number of hydrogen-bond acceptors (Lipinski definition) is 3. The van der Waals surface area contributed by atoms with Crippen molar-refractivity contribution in [3.05, 3.63) is 52.3 Å². The molecule has 2 aromatic carbocycles. The van der Waals surface area contributed by atoms with E-state index in [9.17, 15) is 4.39 Å². The zero-order chi connectivity index (χ0) is 13.8. The normalized spacial score (nSPS) is 9.79. The Hall–Kier alpha value is -2.06. The summed E-state index contributed by atoms with van der Waals surface area (Å²) in [4.78, 5) is 0. The van der Waals surface area contributed by atoms with Crippen LogP contribution in [0.25, 0.3) is 0 Å². The van der Waals surface area contributed by atoms with Gasteiger partial charge in [-0.1, -0.05) is 15.9 Å². The van der Waals surface area contributed by atoms with Crippen molar-refractivity contribution in [1.82, 2.24) is 0 Å². The zero-order valence-corrected chi connectivity index (χ0v) is 11.7. The van der Waals surface area contributed by atoms with Gasteiger partial charge in [-0.15, -0.1) is 0 Å². The molecule has 0 aliphatic carbocycles. The number of methoxy groups -OCH3 is 1. The van der Waals surface area contributed by atoms with E-state index in [-0.39, 0.29) is 5.82 Å². The maximum absolute atomic E-state index is 13.7. The summed E-state index contributed by atoms with van der Waals surface area (Å²) in [6, 6.07) is 11.6. The van der Waals surface area contributed by atoms with Crippen LogP contribution in [-0.2, 0) is 0 Å². The molecular formula is C14H10BrFN2O. The Morgan fingerprint density at radius 3 is 2.74 bits per heavy atom. The van der Waals surface area contributed by atoms with Crippen LogP contribution in [-0.4, -0.2) is 7.11 Å². The topological polar surface area (TPSA) is 45.0 Å². The lowest BCUT2D eigenvalue weighted by Crippen LogP contribution is -1.95. The molecular weight excluding hydrogens is 311 g/mol. The highest BCUT2D eigenvalue weighted by Gasteiger charge is 2.06. The van der Waals surface area contributed by atoms with Gasteiger partial charge in [0.1, 0.15) is 11.6 Å². The molecule has 0 aliphatic heterocycles. The molecule has 2 aromatic rings. The minimum absolute atomic E-state index is 0.293. The molecule has 0 amide bonds. The van der Waals surface area contributed by atoms with E-state index in [0.29, 0.717) is 22.7 Å². The van der Waals surface area contributed by atoms with Gasteiger partial charge in [0.2, 0.25) is 0 Å². The summed E-state index contributed by atoms with van der Waals surface area (Å²) < 4.78 is 19.5. The van der Waals surface area contributed by atoms with E-state index in [1.54, 1.807) is 30.3 Å². The first kappa shape index (κ1) is 13.4. The average Bonchev–Trinajstić information content (AvgIpc) is 2.40. The van der Waals surface area contributed by atoms with E-state index >= 15 is 0 Å². The fourth-order valence-electron chi connectivity index (χ4n) is 1.61. The summed E-state index contributed by atoms with van der Waals surface area (Å²) >= 11 is 3.30. The van der Waals surface area contributed by atoms with Gasteiger partial charge < -0.3 is 10.1 Å². The lowest BCUT2D eigenvalue weighted by Gasteiger charge is -2.10. The molecule has 0 fully saturated rings. The quantitative estimate of drug-likeness (QED) is 0.921. The molecule has 0 spiro atoms. The van der Waals surface area contributed by atoms with Crippen LogP contribution in [0.2, 0.25) is 0 Å². The first-order valence-electron chi connectivity index (χ1n) is 5.43. The van der Waals surface area contributed by atoms with Crippen LogP contribution < -0.4 is 10.1 Å². The minimum Gasteiger partial charge on any atom is -0.497 e. The average molecular weight is 321 g/mol. The van der Waals surface area contributed by atoms with E-state index in [4.69, 9.17) is 10.00 Å². The van der Waals surface area contributed by atoms with Crippen LogP contribution in [0.1, 0.15) is 5.56 Å². The van der Waals surface area contributed by atoms with Gasteiger partial charge in [-0.3, -0.25) is 0 Å². The SMILES string of the molecule is COc1ccc(F)c(Nc2cc(Br)cc(C#N)c2)c1. The Labute approximate surface area is 118 Å². The van der Waals surface area contributed by atoms with E-state index in [1.165, 1.54) is 13.2 Å². The summed E-state index contributed by atoms with van der Waals surface area (Å²) in [6.07, 6.45) is 0. The number of anilines is 2. The van der Waals surface area contributed by atoms with Crippen molar-refractivity contribution >= 4 is 27.3 Å². The largest absolute Gasteiger partial charge is 0.497 e. The number of nitrogens with zero attached hydrogens (tertiary/aromatic N) is 1. The van der Waals surface area contributed by atoms with Gasteiger partial charge in [0, 0.05) is 16.2 Å². The molecule has 96 valence electrons. The third-order valence-electron chi connectivity index (χ3n) is 2.48. The van der Waals surface area contributed by atoms with Crippen LogP contribution in [0.15, 0.2) is 40.9 Å². The van der Waals surface area contributed by atoms with Crippen molar-refractivity contribution in [2.24, 2.45) is 0 Å². The molecule has 0 bridgehead atoms. The fourth-order valence-corrected chi connectivity index (χ4v) is 2.10. The summed E-state index contributed by atoms with van der Waals surface area (Å²) in [6.45, 7) is 0. The van der Waals surface area contributed by atoms with Gasteiger partial charge in [0.25, 0.3) is 0 Å². The second-order valence-electron chi connectivity index (χ2n) is 3.81. The summed E-state index contributed by atoms with van der Waals surface area (Å²) in [5.41, 5.74) is 1.40. The summed E-state index contributed by atoms with van der Waals surface area (Å²) in [5, 5.41) is 11.8. The van der Waals surface area contributed by atoms with Gasteiger partial charge >= 0.3 is 0 Å². The molecule has 2 rings (SSSR count). The fraction of sp³-hybridized carbons (Fsp3) is 0.0714. The number of benzene rings is 2. The lowest BCUT2D eigenvalue weighted by atomic mass is 10.2. The molecule has 0 heterocycles. The van der Waals surface area contributed by atoms with Crippen molar-refractivity contribution in [2.45, 2.75) is 0 Å². The molecule has 0 atom stereocenters. The third kappa shape index (κ3) is 3.24. The first-order chi connectivity index (χ1) is 9.12. The van der Waals surface area contributed by atoms with Gasteiger partial charge in [0.05, 0.1) is 24.4 Å². The maximum atomic E-state index is 13.7. The highest BCUT2D eigenvalue weighted by atomic mass is 79.9. The molecule has 0 unspecified atom stereocenters. The van der Waals surface area contributed by atoms with Crippen LogP contribution >= 0.6 is 15.9 Å². The van der Waals surface area contributed by atoms with Gasteiger partial charge in [-0.05, 0) is 30.3 Å². The number of rotatable bonds is 3. The van der Waals surface area contributed by atoms with E-state index in [1.807, 2.05) is 6.07 Å². The standard InChI is InChI=1S/C14H10BrFN2O/c1-19-12-2-3-13(16)14(7-12)18-11-5-9(8-17)4-10(15)6-11/h2-7,18H,1H3. The minimum atomic E-state index is -0.390. The molecule has 0 saturated carbocycles. The molecule has 3 nitrogen and oxygen atoms in total. The third-order valence-corrected chi connectivity index (χ3v) is 2.94. The van der Waals surface area contributed by atoms with E-state index in [2.05, 4.69) is 21.2 Å². The van der Waals surface area contributed by atoms with Crippen LogP contribution in [0.3, 0.4) is 0 Å². The number of hydrogen-bond donors (Lipinski definition) is 1. The number of halogens is 2. The zero-order valence-electron chi connectivity index (χ0n) is 10.1. The van der Waals surface area contributed by atoms with Crippen molar-refractivity contribution < 1.29 is 9.13 Å². The molecule has 0 radical (unpaired) electrons. The number of nitriles is 1. The molecule has 5 heteroatoms. The molecule has 1 N–H and O–H groups in total. The number of ether oxygens (including phenoxy) is 1. The predicted octanol–water partition coefficient (Wildman–Crippen LogP) is 4.21. The van der Waals surface area contributed by atoms with Gasteiger partial charge in [0.15, 0.2) is 0 Å². The van der Waals surface area contributed by atoms with Crippen LogP contribution in [0.5, 0.6) is 5.75 Å². The Balaban J connectivity index is 2.36. The lowest BCUT2D eigenvalue weighted by molar-refractivity contribution is 0.414. The molecule has 19 heavy (non-hydrogen) atoms. The smallest absolute Gasteiger partial charge is 0.146 e. The highest BCUT2D eigenvalue weighted by molar-refractivity contribution is 9.10. The Bertz CT molecular complexity index is 652. The van der Waals surface area contributed by atoms with Gasteiger partial charge in [-0.2, -0.15) is 5.26 Å². The van der Waals surface area contributed by atoms with Crippen molar-refractivity contribution in [1.29, 1.82) is 5.26 Å². The summed E-state index contributed by atoms with van der Waals surface area (Å²) in [5.74, 6) is 0.165. The van der Waals surface area contributed by atoms with Crippen molar-refractivity contribution in [2.75, 3.05) is 12.4 Å². The summed E-state index contributed by atoms with van der Waals surface area (Å²) in [7, 11) is 1.52. The Kier molecular flexibility index (Phi) is 4.03. The second kappa shape index (κ2) is 5.72. The van der Waals surface area contributed by atoms with Crippen molar-refractivity contribution in [3.63, 3.8) is 0 Å². The Morgan fingerprint density at radius 1 is 1.26 bits per heavy atom. The van der Waals surface area contributed by atoms with Crippen LogP contribution in [0, 0.1) is 17.1 Å². The maximum Gasteiger partial charge on any atom is 0.146 e. The second-order valence-corrected chi connectivity index (χ2v) is 4.73. The van der Waals surface area contributed by atoms with E-state index in [0.717, 1.165) is 4.47 Å². The first-order valence-corrected chi connectivity index (χ1v) is 6.23. The molecule has 0 aliphatic rings. The number of nitrogens with one attached hydrogen (secondary N) is 1. The predicted molar refractivity (Wildman–Crippen MR) is 75.1 cm³/mol.